The molecule has 0 N–H and O–H groups in total. The number of hydrogen-bond acceptors (Lipinski definition) is 2. The van der Waals surface area contributed by atoms with Crippen molar-refractivity contribution in [2.45, 2.75) is 105 Å². The van der Waals surface area contributed by atoms with Crippen molar-refractivity contribution in [1.82, 2.24) is 0 Å². The summed E-state index contributed by atoms with van der Waals surface area (Å²) in [6.45, 7) is 27.6. The third-order valence-electron chi connectivity index (χ3n) is 21.1. The first-order valence-corrected chi connectivity index (χ1v) is 39.3. The molecule has 2 nitrogen and oxygen atoms in total. The van der Waals surface area contributed by atoms with Crippen molar-refractivity contribution in [2.24, 2.45) is 0 Å². The molecule has 13 aromatic carbocycles. The molecule has 2 aliphatic rings. The van der Waals surface area contributed by atoms with Crippen LogP contribution in [-0.4, -0.2) is 22.9 Å². The fourth-order valence-electron chi connectivity index (χ4n) is 15.6. The van der Waals surface area contributed by atoms with Gasteiger partial charge in [-0.15, -0.1) is 0 Å². The lowest BCUT2D eigenvalue weighted by Crippen LogP contribution is -2.74. The molecule has 0 fully saturated rings. The second-order valence-corrected chi connectivity index (χ2v) is 39.3. The summed E-state index contributed by atoms with van der Waals surface area (Å²) in [5, 5.41) is 10.6. The molecule has 2 heterocycles. The van der Waals surface area contributed by atoms with Crippen LogP contribution in [0.15, 0.2) is 309 Å². The molecule has 15 rings (SSSR count). The van der Waals surface area contributed by atoms with E-state index in [0.717, 1.165) is 72.8 Å². The summed E-state index contributed by atoms with van der Waals surface area (Å²) >= 11 is 0. The summed E-state index contributed by atoms with van der Waals surface area (Å²) < 4.78 is 15.6. The minimum Gasteiger partial charge on any atom is -0.458 e. The van der Waals surface area contributed by atoms with Gasteiger partial charge in [0.05, 0.1) is 0 Å². The van der Waals surface area contributed by atoms with E-state index in [2.05, 4.69) is 392 Å². The summed E-state index contributed by atoms with van der Waals surface area (Å²) in [7, 11) is -5.78. The van der Waals surface area contributed by atoms with Crippen LogP contribution in [0, 0.1) is 0 Å². The Balaban J connectivity index is 0.994. The number of hydrogen-bond donors (Lipinski definition) is 0. The van der Waals surface area contributed by atoms with Crippen LogP contribution in [-0.2, 0) is 21.7 Å². The second kappa shape index (κ2) is 25.0. The van der Waals surface area contributed by atoms with Crippen LogP contribution in [0.4, 0.5) is 0 Å². The minimum atomic E-state index is -2.89. The van der Waals surface area contributed by atoms with Gasteiger partial charge in [-0.05, 0) is 148 Å². The molecule has 0 saturated heterocycles. The Bertz CT molecular complexity index is 4540. The highest BCUT2D eigenvalue weighted by Gasteiger charge is 2.46. The zero-order valence-electron chi connectivity index (χ0n) is 59.3. The first kappa shape index (κ1) is 64.9. The Hall–Kier alpha value is -10.0. The monoisotopic (exact) mass is 1310 g/mol. The summed E-state index contributed by atoms with van der Waals surface area (Å²) in [5.41, 5.74) is 17.0. The normalized spacial score (nSPS) is 13.0. The van der Waals surface area contributed by atoms with Gasteiger partial charge in [0.25, 0.3) is 6.71 Å². The molecule has 13 aromatic rings. The van der Waals surface area contributed by atoms with E-state index in [0.29, 0.717) is 0 Å². The Labute approximate surface area is 590 Å². The molecule has 0 radical (unpaired) electrons. The fraction of sp³-hybridized carbons (Fsp3) is 0.170. The average molecular weight is 1320 g/mol. The molecule has 0 aliphatic carbocycles. The molecule has 0 spiro atoms. The van der Waals surface area contributed by atoms with Crippen LogP contribution >= 0.6 is 0 Å². The van der Waals surface area contributed by atoms with Gasteiger partial charge in [0, 0.05) is 16.6 Å². The van der Waals surface area contributed by atoms with E-state index in [-0.39, 0.29) is 28.4 Å². The number of benzene rings is 13. The van der Waals surface area contributed by atoms with Crippen LogP contribution in [0.1, 0.15) is 105 Å². The number of fused-ring (bicyclic) bond motifs is 4. The summed E-state index contributed by atoms with van der Waals surface area (Å²) in [5.74, 6) is 3.33. The summed E-state index contributed by atoms with van der Waals surface area (Å²) in [4.78, 5) is 0. The van der Waals surface area contributed by atoms with Gasteiger partial charge in [0.1, 0.15) is 23.0 Å². The van der Waals surface area contributed by atoms with E-state index in [1.54, 1.807) is 0 Å². The van der Waals surface area contributed by atoms with Crippen molar-refractivity contribution in [3.8, 4) is 67.5 Å². The summed E-state index contributed by atoms with van der Waals surface area (Å²) in [6.07, 6.45) is 0. The first-order valence-electron chi connectivity index (χ1n) is 35.3. The zero-order chi connectivity index (χ0) is 68.6. The minimum absolute atomic E-state index is 0.0617. The summed E-state index contributed by atoms with van der Waals surface area (Å²) in [6, 6.07) is 117. The SMILES string of the molecule is CC(C)(C)c1cc(-c2ccc3c(c2)Oc2c(-c4ccc([Si](c5ccccc5)(c5ccccc5)c5ccccc5)cc4)cc(-c4ccc([Si](c5ccccc5)(c5ccccc5)c5ccccc5)cc4)c4c2B3c2ccc(-c3cc(C(C)(C)C)cc(C(C)(C)C)c3)cc2O4)cc(C(C)(C)C)c1. The van der Waals surface area contributed by atoms with Gasteiger partial charge in [0.2, 0.25) is 0 Å². The number of ether oxygens (including phenoxy) is 2. The van der Waals surface area contributed by atoms with E-state index < -0.39 is 16.1 Å². The highest BCUT2D eigenvalue weighted by Crippen LogP contribution is 2.48. The topological polar surface area (TPSA) is 18.5 Å². The molecular weight excluding hydrogens is 1230 g/mol. The molecule has 5 heteroatoms. The lowest BCUT2D eigenvalue weighted by Gasteiger charge is -2.36. The third kappa shape index (κ3) is 11.7. The maximum atomic E-state index is 7.81. The molecule has 0 saturated carbocycles. The Morgan fingerprint density at radius 2 is 0.475 bits per heavy atom. The van der Waals surface area contributed by atoms with Crippen LogP contribution < -0.4 is 67.4 Å². The van der Waals surface area contributed by atoms with Crippen LogP contribution in [0.3, 0.4) is 0 Å². The molecule has 0 aromatic heterocycles. The highest BCUT2D eigenvalue weighted by molar-refractivity contribution is 7.20. The standard InChI is InChI=1S/C94H87BO2Si2/c1-91(2,3)70-55-68(56-71(61-70)92(4,5)6)66-47-53-84-86(59-66)96-89-82(64-43-49-80(50-44-64)98(74-31-19-13-20-32-74,75-33-21-14-22-34-75)76-35-23-15-24-36-76)63-83(65-45-51-81(52-46-65)99(77-37-25-16-26-38-77,78-39-27-17-28-40-78)79-41-29-18-30-42-79)90-88(89)95(84)85-54-48-67(60-87(85)97-90)69-57-72(93(7,8)9)62-73(58-69)94(10,11)12/h13-63H,1-12H3. The van der Waals surface area contributed by atoms with Crippen molar-refractivity contribution < 1.29 is 9.47 Å². The Morgan fingerprint density at radius 1 is 0.232 bits per heavy atom. The third-order valence-corrected chi connectivity index (χ3v) is 30.7. The molecule has 99 heavy (non-hydrogen) atoms. The smallest absolute Gasteiger partial charge is 0.260 e. The average Bonchev–Trinajstić information content (AvgIpc) is 0.704. The molecule has 0 unspecified atom stereocenters. The van der Waals surface area contributed by atoms with Crippen molar-refractivity contribution in [1.29, 1.82) is 0 Å². The Morgan fingerprint density at radius 3 is 0.727 bits per heavy atom. The Kier molecular flexibility index (Phi) is 16.4. The van der Waals surface area contributed by atoms with Crippen molar-refractivity contribution in [3.63, 3.8) is 0 Å². The maximum absolute atomic E-state index is 7.81. The molecule has 0 atom stereocenters. The molecular formula is C94H87BO2Si2. The van der Waals surface area contributed by atoms with Gasteiger partial charge in [-0.1, -0.05) is 374 Å². The van der Waals surface area contributed by atoms with Crippen LogP contribution in [0.5, 0.6) is 23.0 Å². The van der Waals surface area contributed by atoms with Gasteiger partial charge < -0.3 is 9.47 Å². The second-order valence-electron chi connectivity index (χ2n) is 31.6. The number of rotatable bonds is 12. The van der Waals surface area contributed by atoms with Gasteiger partial charge in [-0.2, -0.15) is 0 Å². The van der Waals surface area contributed by atoms with E-state index >= 15 is 0 Å². The predicted octanol–water partition coefficient (Wildman–Crippen LogP) is 17.0. The molecule has 2 aliphatic heterocycles. The van der Waals surface area contributed by atoms with Gasteiger partial charge >= 0.3 is 0 Å². The fourth-order valence-corrected chi connectivity index (χ4v) is 25.1. The zero-order valence-corrected chi connectivity index (χ0v) is 61.3. The van der Waals surface area contributed by atoms with E-state index in [9.17, 15) is 0 Å². The van der Waals surface area contributed by atoms with E-state index in [1.165, 1.54) is 74.9 Å². The predicted molar refractivity (Wildman–Crippen MR) is 428 cm³/mol. The van der Waals surface area contributed by atoms with Crippen LogP contribution in [0.25, 0.3) is 44.5 Å². The van der Waals surface area contributed by atoms with Crippen molar-refractivity contribution in [3.05, 3.63) is 332 Å². The van der Waals surface area contributed by atoms with Crippen LogP contribution in [0.2, 0.25) is 0 Å². The van der Waals surface area contributed by atoms with Gasteiger partial charge in [-0.3, -0.25) is 0 Å². The molecule has 0 bridgehead atoms. The quantitative estimate of drug-likeness (QED) is 0.0897. The maximum Gasteiger partial charge on any atom is 0.260 e. The van der Waals surface area contributed by atoms with E-state index in [1.807, 2.05) is 0 Å². The van der Waals surface area contributed by atoms with Gasteiger partial charge in [-0.25, -0.2) is 0 Å². The molecule has 486 valence electrons. The largest absolute Gasteiger partial charge is 0.458 e. The first-order chi connectivity index (χ1) is 47.6. The highest BCUT2D eigenvalue weighted by atomic mass is 28.3. The lowest BCUT2D eigenvalue weighted by atomic mass is 9.34. The van der Waals surface area contributed by atoms with Gasteiger partial charge in [0.15, 0.2) is 16.1 Å². The van der Waals surface area contributed by atoms with Crippen molar-refractivity contribution >= 4 is 80.7 Å². The lowest BCUT2D eigenvalue weighted by molar-refractivity contribution is 0.467. The van der Waals surface area contributed by atoms with Crippen molar-refractivity contribution in [2.75, 3.05) is 0 Å². The molecule has 0 amide bonds. The van der Waals surface area contributed by atoms with E-state index in [4.69, 9.17) is 9.47 Å².